The van der Waals surface area contributed by atoms with E-state index >= 15 is 0 Å². The third-order valence-corrected chi connectivity index (χ3v) is 3.23. The third kappa shape index (κ3) is 3.34. The zero-order valence-electron chi connectivity index (χ0n) is 10.7. The van der Waals surface area contributed by atoms with E-state index in [0.717, 1.165) is 11.1 Å². The summed E-state index contributed by atoms with van der Waals surface area (Å²) in [6.45, 7) is 3.85. The standard InChI is InChI=1S/C13H16N3O2.Y/c1-13(11(14)17)6-8-3-4-10(5-9(8)7-13)16-12(18)15-2;/h3-5H,1,6-7H2,2H3,(H4,14,15,16,17,18);/q-1;/p-1. The Kier molecular flexibility index (Phi) is 5.10. The van der Waals surface area contributed by atoms with Crippen LogP contribution in [0.4, 0.5) is 10.5 Å². The number of urea groups is 1. The van der Waals surface area contributed by atoms with E-state index in [1.807, 2.05) is 12.1 Å². The molecule has 1 radical (unpaired) electrons. The van der Waals surface area contributed by atoms with E-state index in [1.165, 1.54) is 0 Å². The van der Waals surface area contributed by atoms with Gasteiger partial charge in [0.25, 0.3) is 0 Å². The monoisotopic (exact) mass is 334 g/mol. The molecule has 0 saturated carbocycles. The Bertz CT molecular complexity index is 519. The first-order valence-electron chi connectivity index (χ1n) is 5.66. The largest absolute Gasteiger partial charge is 0.670 e. The van der Waals surface area contributed by atoms with Crippen LogP contribution in [0.5, 0.6) is 0 Å². The average Bonchev–Trinajstić information content (AvgIpc) is 2.66. The minimum Gasteiger partial charge on any atom is -0.670 e. The van der Waals surface area contributed by atoms with Crippen molar-refractivity contribution in [1.29, 1.82) is 0 Å². The zero-order chi connectivity index (χ0) is 13.3. The number of amides is 3. The zero-order valence-corrected chi connectivity index (χ0v) is 13.6. The average molecular weight is 334 g/mol. The molecule has 1 aromatic rings. The first kappa shape index (κ1) is 16.1. The van der Waals surface area contributed by atoms with Gasteiger partial charge in [0, 0.05) is 51.4 Å². The smallest absolute Gasteiger partial charge is 0.318 e. The molecule has 0 heterocycles. The van der Waals surface area contributed by atoms with E-state index in [0.29, 0.717) is 18.5 Å². The van der Waals surface area contributed by atoms with Crippen molar-refractivity contribution in [3.05, 3.63) is 42.0 Å². The molecule has 3 N–H and O–H groups in total. The van der Waals surface area contributed by atoms with Crippen molar-refractivity contribution < 1.29 is 42.3 Å². The number of nitrogens with one attached hydrogen (secondary N) is 3. The van der Waals surface area contributed by atoms with Crippen LogP contribution in [0.25, 0.3) is 5.73 Å². The minimum absolute atomic E-state index is 0. The van der Waals surface area contributed by atoms with Gasteiger partial charge in [0.15, 0.2) is 0 Å². The van der Waals surface area contributed by atoms with Gasteiger partial charge >= 0.3 is 6.03 Å². The maximum atomic E-state index is 11.3. The minimum atomic E-state index is -0.867. The van der Waals surface area contributed by atoms with Gasteiger partial charge in [0.05, 0.1) is 0 Å². The second kappa shape index (κ2) is 6.01. The molecule has 1 aromatic carbocycles. The quantitative estimate of drug-likeness (QED) is 0.811. The predicted octanol–water partition coefficient (Wildman–Crippen LogP) is 1.93. The molecule has 1 atom stereocenters. The molecule has 19 heavy (non-hydrogen) atoms. The number of hydrogen-bond donors (Lipinski definition) is 2. The maximum absolute atomic E-state index is 11.3. The van der Waals surface area contributed by atoms with Crippen LogP contribution < -0.4 is 10.6 Å². The van der Waals surface area contributed by atoms with Crippen LogP contribution in [0.2, 0.25) is 0 Å². The fraction of sp³-hybridized carbons (Fsp3) is 0.308. The number of anilines is 1. The summed E-state index contributed by atoms with van der Waals surface area (Å²) in [5.41, 5.74) is 9.06. The van der Waals surface area contributed by atoms with Crippen molar-refractivity contribution in [2.75, 3.05) is 12.4 Å². The first-order valence-corrected chi connectivity index (χ1v) is 5.66. The maximum Gasteiger partial charge on any atom is 0.318 e. The summed E-state index contributed by atoms with van der Waals surface area (Å²) in [6.07, 6.45) is 0.943. The second-order valence-electron chi connectivity index (χ2n) is 4.65. The van der Waals surface area contributed by atoms with Crippen LogP contribution in [0.1, 0.15) is 11.1 Å². The molecule has 99 valence electrons. The molecule has 0 saturated heterocycles. The Hall–Kier alpha value is -0.936. The Labute approximate surface area is 137 Å². The van der Waals surface area contributed by atoms with Gasteiger partial charge in [-0.15, -0.1) is 5.41 Å². The number of benzene rings is 1. The molecule has 6 heteroatoms. The Morgan fingerprint density at radius 1 is 1.32 bits per heavy atom. The summed E-state index contributed by atoms with van der Waals surface area (Å²) in [5, 5.41) is 5.14. The van der Waals surface area contributed by atoms with E-state index < -0.39 is 11.3 Å². The Balaban J connectivity index is 0.00000180. The first-order chi connectivity index (χ1) is 8.44. The van der Waals surface area contributed by atoms with E-state index in [-0.39, 0.29) is 38.7 Å². The number of fused-ring (bicyclic) bond motifs is 1. The third-order valence-electron chi connectivity index (χ3n) is 3.23. The Morgan fingerprint density at radius 3 is 2.53 bits per heavy atom. The molecule has 3 amide bonds. The molecule has 1 unspecified atom stereocenters. The van der Waals surface area contributed by atoms with Gasteiger partial charge < -0.3 is 28.1 Å². The summed E-state index contributed by atoms with van der Waals surface area (Å²) in [6, 6.07) is 5.20. The van der Waals surface area contributed by atoms with Gasteiger partial charge in [-0.05, 0) is 36.1 Å². The molecule has 0 aromatic heterocycles. The fourth-order valence-corrected chi connectivity index (χ4v) is 2.19. The topological polar surface area (TPSA) is 82.0 Å². The molecule has 2 rings (SSSR count). The van der Waals surface area contributed by atoms with Gasteiger partial charge in [-0.2, -0.15) is 0 Å². The number of hydrogen-bond acceptors (Lipinski definition) is 2. The normalized spacial score (nSPS) is 20.1. The van der Waals surface area contributed by atoms with Crippen molar-refractivity contribution >= 4 is 17.6 Å². The molecular weight excluding hydrogens is 319 g/mol. The van der Waals surface area contributed by atoms with Crippen molar-refractivity contribution in [3.8, 4) is 0 Å². The molecule has 0 fully saturated rings. The van der Waals surface area contributed by atoms with Gasteiger partial charge in [-0.25, -0.2) is 4.79 Å². The summed E-state index contributed by atoms with van der Waals surface area (Å²) in [4.78, 5) is 22.5. The summed E-state index contributed by atoms with van der Waals surface area (Å²) >= 11 is 0. The SMILES string of the molecule is [CH2-]C1(C([NH-])=O)Cc2ccc(NC(=O)NC)cc2C1.[Y]. The van der Waals surface area contributed by atoms with Gasteiger partial charge in [-0.3, -0.25) is 0 Å². The molecule has 1 aliphatic rings. The van der Waals surface area contributed by atoms with Crippen LogP contribution >= 0.6 is 0 Å². The van der Waals surface area contributed by atoms with Crippen LogP contribution in [0.3, 0.4) is 0 Å². The van der Waals surface area contributed by atoms with Gasteiger partial charge in [0.2, 0.25) is 0 Å². The van der Waals surface area contributed by atoms with Crippen molar-refractivity contribution in [2.24, 2.45) is 5.41 Å². The van der Waals surface area contributed by atoms with E-state index in [1.54, 1.807) is 13.1 Å². The molecular formula is C13H15N3O2Y-2. The molecule has 0 bridgehead atoms. The van der Waals surface area contributed by atoms with Gasteiger partial charge in [-0.1, -0.05) is 6.07 Å². The van der Waals surface area contributed by atoms with Crippen LogP contribution in [-0.2, 0) is 50.3 Å². The summed E-state index contributed by atoms with van der Waals surface area (Å²) in [7, 11) is 1.54. The second-order valence-corrected chi connectivity index (χ2v) is 4.65. The molecule has 0 spiro atoms. The number of carbonyl (C=O) groups is 2. The summed E-state index contributed by atoms with van der Waals surface area (Å²) in [5.74, 6) is -0.639. The Morgan fingerprint density at radius 2 is 1.95 bits per heavy atom. The molecule has 0 aliphatic heterocycles. The molecule has 1 aliphatic carbocycles. The van der Waals surface area contributed by atoms with Crippen LogP contribution in [0.15, 0.2) is 18.2 Å². The predicted molar refractivity (Wildman–Crippen MR) is 69.0 cm³/mol. The van der Waals surface area contributed by atoms with E-state index in [4.69, 9.17) is 5.73 Å². The van der Waals surface area contributed by atoms with Crippen molar-refractivity contribution in [3.63, 3.8) is 0 Å². The fourth-order valence-electron chi connectivity index (χ4n) is 2.19. The van der Waals surface area contributed by atoms with E-state index in [2.05, 4.69) is 17.6 Å². The van der Waals surface area contributed by atoms with Crippen molar-refractivity contribution in [2.45, 2.75) is 12.8 Å². The number of rotatable bonds is 2. The van der Waals surface area contributed by atoms with Crippen molar-refractivity contribution in [1.82, 2.24) is 5.32 Å². The molecule has 5 nitrogen and oxygen atoms in total. The number of carbonyl (C=O) groups excluding carboxylic acids is 2. The van der Waals surface area contributed by atoms with Crippen LogP contribution in [0, 0.1) is 12.3 Å². The summed E-state index contributed by atoms with van der Waals surface area (Å²) < 4.78 is 0. The van der Waals surface area contributed by atoms with E-state index in [9.17, 15) is 9.59 Å². The van der Waals surface area contributed by atoms with Crippen LogP contribution in [-0.4, -0.2) is 19.0 Å². The van der Waals surface area contributed by atoms with Gasteiger partial charge in [0.1, 0.15) is 0 Å².